The molecule has 0 saturated heterocycles. The first kappa shape index (κ1) is 37.3. The summed E-state index contributed by atoms with van der Waals surface area (Å²) in [7, 11) is -0.897. The minimum Gasteiger partial charge on any atom is -0.375 e. The first-order chi connectivity index (χ1) is 24.7. The van der Waals surface area contributed by atoms with Gasteiger partial charge in [-0.1, -0.05) is 85.7 Å². The summed E-state index contributed by atoms with van der Waals surface area (Å²) in [6.07, 6.45) is -2.41. The molecule has 0 aliphatic heterocycles. The predicted octanol–water partition coefficient (Wildman–Crippen LogP) is 8.18. The van der Waals surface area contributed by atoms with Crippen molar-refractivity contribution in [2.24, 2.45) is 0 Å². The van der Waals surface area contributed by atoms with Crippen LogP contribution < -0.4 is 42.7 Å². The molecule has 6 rings (SSSR count). The molecule has 1 fully saturated rings. The summed E-state index contributed by atoms with van der Waals surface area (Å²) in [5.41, 5.74) is -3.29. The molecule has 0 unspecified atom stereocenters. The molecule has 0 bridgehead atoms. The normalized spacial score (nSPS) is 18.5. The Morgan fingerprint density at radius 3 is 1.88 bits per heavy atom. The number of allylic oxidation sites excluding steroid dienone is 3. The smallest absolute Gasteiger partial charge is 0.375 e. The van der Waals surface area contributed by atoms with E-state index < -0.39 is 60.0 Å². The SMILES string of the molecule is C[C@@H](Nc1c(N[C@H]2CCCC[C@@H]2NC(=S)Nc2cc(C(F)(F)F)cc(C(F)(F)F)c2)c(=O)c1=O)C1=C(P(c2ccccc2)c2ccccc2)C=CC1. The molecule has 0 heterocycles. The molecule has 2 aliphatic rings. The van der Waals surface area contributed by atoms with Crippen molar-refractivity contribution in [1.82, 2.24) is 5.32 Å². The van der Waals surface area contributed by atoms with Gasteiger partial charge in [0.15, 0.2) is 5.11 Å². The lowest BCUT2D eigenvalue weighted by Crippen LogP contribution is -2.51. The monoisotopic (exact) mass is 756 g/mol. The van der Waals surface area contributed by atoms with Crippen LogP contribution in [-0.2, 0) is 12.4 Å². The number of anilines is 3. The average Bonchev–Trinajstić information content (AvgIpc) is 3.60. The van der Waals surface area contributed by atoms with Crippen molar-refractivity contribution < 1.29 is 26.3 Å². The van der Waals surface area contributed by atoms with Gasteiger partial charge in [-0.15, -0.1) is 0 Å². The van der Waals surface area contributed by atoms with Crippen LogP contribution in [0.15, 0.2) is 111 Å². The maximum Gasteiger partial charge on any atom is 0.416 e. The average molecular weight is 757 g/mol. The third-order valence-corrected chi connectivity index (χ3v) is 12.0. The van der Waals surface area contributed by atoms with E-state index in [2.05, 4.69) is 57.7 Å². The molecule has 52 heavy (non-hydrogen) atoms. The molecule has 272 valence electrons. The number of rotatable bonds is 10. The molecule has 0 spiro atoms. The molecule has 3 atom stereocenters. The molecule has 4 aromatic carbocycles. The highest BCUT2D eigenvalue weighted by Gasteiger charge is 2.37. The summed E-state index contributed by atoms with van der Waals surface area (Å²) in [6.45, 7) is 1.96. The van der Waals surface area contributed by atoms with E-state index in [1.807, 2.05) is 43.3 Å². The van der Waals surface area contributed by atoms with Crippen molar-refractivity contribution in [2.75, 3.05) is 16.0 Å². The zero-order valence-corrected chi connectivity index (χ0v) is 29.6. The van der Waals surface area contributed by atoms with E-state index in [-0.39, 0.29) is 28.6 Å². The Labute approximate surface area is 302 Å². The zero-order chi connectivity index (χ0) is 37.2. The van der Waals surface area contributed by atoms with Gasteiger partial charge in [-0.05, 0) is 86.0 Å². The topological polar surface area (TPSA) is 82.3 Å². The minimum absolute atomic E-state index is 0.0479. The Bertz CT molecular complexity index is 1990. The Morgan fingerprint density at radius 1 is 0.788 bits per heavy atom. The molecule has 2 aliphatic carbocycles. The molecule has 0 amide bonds. The van der Waals surface area contributed by atoms with Crippen LogP contribution in [0.4, 0.5) is 43.4 Å². The zero-order valence-electron chi connectivity index (χ0n) is 27.9. The van der Waals surface area contributed by atoms with E-state index >= 15 is 0 Å². The van der Waals surface area contributed by atoms with Gasteiger partial charge in [-0.25, -0.2) is 0 Å². The summed E-state index contributed by atoms with van der Waals surface area (Å²) in [4.78, 5) is 25.9. The fourth-order valence-electron chi connectivity index (χ4n) is 6.70. The highest BCUT2D eigenvalue weighted by Crippen LogP contribution is 2.49. The number of hydrogen-bond donors (Lipinski definition) is 4. The van der Waals surface area contributed by atoms with Gasteiger partial charge in [0.1, 0.15) is 11.4 Å². The van der Waals surface area contributed by atoms with Gasteiger partial charge in [0.2, 0.25) is 0 Å². The van der Waals surface area contributed by atoms with Gasteiger partial charge in [0.05, 0.1) is 11.1 Å². The molecular formula is C38H35F6N4O2PS. The van der Waals surface area contributed by atoms with Gasteiger partial charge < -0.3 is 21.3 Å². The number of alkyl halides is 6. The van der Waals surface area contributed by atoms with Gasteiger partial charge in [-0.3, -0.25) is 9.59 Å². The Balaban J connectivity index is 1.19. The summed E-state index contributed by atoms with van der Waals surface area (Å²) in [5, 5.41) is 15.4. The van der Waals surface area contributed by atoms with Crippen LogP contribution in [0.3, 0.4) is 0 Å². The van der Waals surface area contributed by atoms with E-state index in [1.54, 1.807) is 0 Å². The number of hydrogen-bond acceptors (Lipinski definition) is 5. The molecule has 0 radical (unpaired) electrons. The summed E-state index contributed by atoms with van der Waals surface area (Å²) >= 11 is 5.32. The molecule has 1 saturated carbocycles. The van der Waals surface area contributed by atoms with Crippen molar-refractivity contribution in [1.29, 1.82) is 0 Å². The minimum atomic E-state index is -5.01. The maximum absolute atomic E-state index is 13.4. The van der Waals surface area contributed by atoms with Crippen LogP contribution in [-0.4, -0.2) is 23.2 Å². The standard InChI is InChI=1S/C38H35F6N4O2PS/c1-22(28-15-10-18-31(28)51(26-11-4-2-5-12-26)27-13-6-3-7-14-27)45-32-33(35(50)34(32)49)47-29-16-8-9-17-30(29)48-36(52)46-25-20-23(37(39,40)41)19-24(21-25)38(42,43)44/h2-7,10-14,18-22,29-30,45,47H,8-9,15-17H2,1H3,(H2,46,48,52)/t22-,29+,30+/m1/s1. The fraction of sp³-hybridized carbons (Fsp3) is 0.289. The van der Waals surface area contributed by atoms with Crippen molar-refractivity contribution in [3.05, 3.63) is 133 Å². The number of halogens is 6. The molecule has 14 heteroatoms. The lowest BCUT2D eigenvalue weighted by molar-refractivity contribution is -0.143. The Kier molecular flexibility index (Phi) is 10.9. The lowest BCUT2D eigenvalue weighted by Gasteiger charge is -2.35. The summed E-state index contributed by atoms with van der Waals surface area (Å²) < 4.78 is 80.4. The molecular weight excluding hydrogens is 721 g/mol. The van der Waals surface area contributed by atoms with Gasteiger partial charge in [0, 0.05) is 23.8 Å². The van der Waals surface area contributed by atoms with E-state index in [0.717, 1.165) is 18.4 Å². The van der Waals surface area contributed by atoms with Crippen LogP contribution in [0, 0.1) is 0 Å². The highest BCUT2D eigenvalue weighted by molar-refractivity contribution is 7.80. The van der Waals surface area contributed by atoms with Crippen molar-refractivity contribution in [2.45, 2.75) is 69.5 Å². The first-order valence-corrected chi connectivity index (χ1v) is 18.5. The molecule has 0 aromatic heterocycles. The maximum atomic E-state index is 13.4. The second-order valence-electron chi connectivity index (χ2n) is 12.8. The summed E-state index contributed by atoms with van der Waals surface area (Å²) in [6, 6.07) is 20.5. The van der Waals surface area contributed by atoms with Crippen LogP contribution >= 0.6 is 20.1 Å². The second kappa shape index (κ2) is 15.2. The Hall–Kier alpha value is -4.48. The van der Waals surface area contributed by atoms with Gasteiger partial charge in [0.25, 0.3) is 10.9 Å². The first-order valence-electron chi connectivity index (χ1n) is 16.7. The van der Waals surface area contributed by atoms with Crippen molar-refractivity contribution >= 4 is 52.9 Å². The molecule has 6 nitrogen and oxygen atoms in total. The van der Waals surface area contributed by atoms with Crippen LogP contribution in [0.25, 0.3) is 0 Å². The fourth-order valence-corrected chi connectivity index (χ4v) is 9.59. The van der Waals surface area contributed by atoms with Crippen molar-refractivity contribution in [3.63, 3.8) is 0 Å². The van der Waals surface area contributed by atoms with E-state index in [0.29, 0.717) is 31.4 Å². The summed E-state index contributed by atoms with van der Waals surface area (Å²) in [5.74, 6) is 0. The quantitative estimate of drug-likeness (QED) is 0.0563. The second-order valence-corrected chi connectivity index (χ2v) is 15.4. The number of thiocarbonyl (C=S) groups is 1. The van der Waals surface area contributed by atoms with Crippen molar-refractivity contribution in [3.8, 4) is 0 Å². The predicted molar refractivity (Wildman–Crippen MR) is 200 cm³/mol. The van der Waals surface area contributed by atoms with Gasteiger partial charge in [-0.2, -0.15) is 26.3 Å². The third kappa shape index (κ3) is 8.26. The third-order valence-electron chi connectivity index (χ3n) is 9.26. The van der Waals surface area contributed by atoms with Crippen LogP contribution in [0.1, 0.15) is 50.2 Å². The molecule has 4 N–H and O–H groups in total. The Morgan fingerprint density at radius 2 is 1.33 bits per heavy atom. The van der Waals surface area contributed by atoms with Gasteiger partial charge >= 0.3 is 12.4 Å². The largest absolute Gasteiger partial charge is 0.416 e. The number of benzene rings is 3. The van der Waals surface area contributed by atoms with Crippen LogP contribution in [0.5, 0.6) is 0 Å². The highest BCUT2D eigenvalue weighted by atomic mass is 32.1. The lowest BCUT2D eigenvalue weighted by atomic mass is 9.89. The molecule has 4 aromatic rings. The van der Waals surface area contributed by atoms with Crippen LogP contribution in [0.2, 0.25) is 0 Å². The van der Waals surface area contributed by atoms with E-state index in [4.69, 9.17) is 12.2 Å². The van der Waals surface area contributed by atoms with E-state index in [9.17, 15) is 35.9 Å². The number of nitrogens with one attached hydrogen (secondary N) is 4. The van der Waals surface area contributed by atoms with E-state index in [1.165, 1.54) is 15.9 Å².